The topological polar surface area (TPSA) is 51.1 Å². The van der Waals surface area contributed by atoms with Crippen molar-refractivity contribution in [3.63, 3.8) is 0 Å². The average molecular weight is 338 g/mol. The molecule has 5 heteroatoms. The van der Waals surface area contributed by atoms with Crippen LogP contribution in [0.2, 0.25) is 0 Å². The molecule has 4 nitrogen and oxygen atoms in total. The summed E-state index contributed by atoms with van der Waals surface area (Å²) < 4.78 is 1.60. The molecule has 0 aliphatic carbocycles. The highest BCUT2D eigenvalue weighted by Crippen LogP contribution is 2.09. The predicted octanol–water partition coefficient (Wildman–Crippen LogP) is 3.53. The molecule has 0 saturated heterocycles. The van der Waals surface area contributed by atoms with Crippen molar-refractivity contribution in [2.75, 3.05) is 5.32 Å². The summed E-state index contributed by atoms with van der Waals surface area (Å²) in [6.45, 7) is 0.484. The Kier molecular flexibility index (Phi) is 5.23. The second kappa shape index (κ2) is 7.75. The number of amides is 1. The highest BCUT2D eigenvalue weighted by Gasteiger charge is 2.08. The van der Waals surface area contributed by atoms with Crippen molar-refractivity contribution in [3.05, 3.63) is 87.0 Å². The summed E-state index contributed by atoms with van der Waals surface area (Å²) in [7, 11) is 0. The second-order valence-electron chi connectivity index (χ2n) is 5.52. The van der Waals surface area contributed by atoms with Crippen molar-refractivity contribution in [2.24, 2.45) is 0 Å². The van der Waals surface area contributed by atoms with Gasteiger partial charge in [0.2, 0.25) is 5.91 Å². The minimum absolute atomic E-state index is 0.143. The lowest BCUT2D eigenvalue weighted by Crippen LogP contribution is -2.25. The third-order valence-corrected chi connectivity index (χ3v) is 4.44. The zero-order chi connectivity index (χ0) is 16.8. The molecule has 0 spiro atoms. The molecule has 3 rings (SSSR count). The Morgan fingerprint density at radius 1 is 1.04 bits per heavy atom. The van der Waals surface area contributed by atoms with Crippen molar-refractivity contribution in [1.29, 1.82) is 0 Å². The Balaban J connectivity index is 1.66. The summed E-state index contributed by atoms with van der Waals surface area (Å²) in [6, 6.07) is 15.2. The fourth-order valence-corrected chi connectivity index (χ4v) is 3.15. The number of pyridine rings is 1. The first-order valence-electron chi connectivity index (χ1n) is 7.77. The fraction of sp³-hybridized carbons (Fsp3) is 0.158. The van der Waals surface area contributed by atoms with Gasteiger partial charge in [0.1, 0.15) is 5.69 Å². The average Bonchev–Trinajstić information content (AvgIpc) is 3.11. The number of anilines is 1. The molecule has 0 radical (unpaired) electrons. The Hall–Kier alpha value is -2.66. The summed E-state index contributed by atoms with van der Waals surface area (Å²) >= 11 is 1.62. The molecule has 3 aromatic rings. The number of aromatic nitrogens is 1. The summed E-state index contributed by atoms with van der Waals surface area (Å²) in [5, 5.41) is 6.75. The van der Waals surface area contributed by atoms with Gasteiger partial charge in [0.25, 0.3) is 5.56 Å². The lowest BCUT2D eigenvalue weighted by Gasteiger charge is -2.09. The summed E-state index contributed by atoms with van der Waals surface area (Å²) in [5.41, 5.74) is 2.32. The maximum absolute atomic E-state index is 12.5. The van der Waals surface area contributed by atoms with Crippen LogP contribution < -0.4 is 10.9 Å². The van der Waals surface area contributed by atoms with Gasteiger partial charge in [-0.2, -0.15) is 11.3 Å². The Morgan fingerprint density at radius 2 is 1.88 bits per heavy atom. The number of rotatable bonds is 6. The minimum atomic E-state index is -0.190. The molecule has 2 aromatic heterocycles. The summed E-state index contributed by atoms with van der Waals surface area (Å²) in [4.78, 5) is 24.6. The van der Waals surface area contributed by atoms with Crippen LogP contribution in [0.15, 0.2) is 70.3 Å². The van der Waals surface area contributed by atoms with E-state index in [1.807, 2.05) is 47.2 Å². The lowest BCUT2D eigenvalue weighted by atomic mass is 10.2. The van der Waals surface area contributed by atoms with Crippen LogP contribution in [0, 0.1) is 0 Å². The maximum Gasteiger partial charge on any atom is 0.274 e. The number of carbonyl (C=O) groups is 1. The van der Waals surface area contributed by atoms with Gasteiger partial charge in [-0.25, -0.2) is 0 Å². The fourth-order valence-electron chi connectivity index (χ4n) is 2.44. The molecule has 0 bridgehead atoms. The van der Waals surface area contributed by atoms with Gasteiger partial charge in [-0.3, -0.25) is 9.59 Å². The number of hydrogen-bond acceptors (Lipinski definition) is 3. The third-order valence-electron chi connectivity index (χ3n) is 3.71. The minimum Gasteiger partial charge on any atom is -0.321 e. The predicted molar refractivity (Wildman–Crippen MR) is 97.5 cm³/mol. The quantitative estimate of drug-likeness (QED) is 0.747. The van der Waals surface area contributed by atoms with Crippen LogP contribution in [0.1, 0.15) is 17.5 Å². The summed E-state index contributed by atoms with van der Waals surface area (Å²) in [5.74, 6) is -0.143. The molecule has 1 amide bonds. The van der Waals surface area contributed by atoms with Crippen molar-refractivity contribution in [3.8, 4) is 0 Å². The molecule has 2 heterocycles. The van der Waals surface area contributed by atoms with Gasteiger partial charge in [0, 0.05) is 12.6 Å². The number of aryl methyl sites for hydroxylation is 1. The Labute approximate surface area is 144 Å². The zero-order valence-electron chi connectivity index (χ0n) is 13.1. The number of carbonyl (C=O) groups excluding carboxylic acids is 1. The van der Waals surface area contributed by atoms with E-state index in [0.29, 0.717) is 25.1 Å². The largest absolute Gasteiger partial charge is 0.321 e. The van der Waals surface area contributed by atoms with E-state index in [-0.39, 0.29) is 11.5 Å². The molecule has 122 valence electrons. The van der Waals surface area contributed by atoms with Crippen LogP contribution >= 0.6 is 11.3 Å². The van der Waals surface area contributed by atoms with E-state index < -0.39 is 0 Å². The Bertz CT molecular complexity index is 855. The lowest BCUT2D eigenvalue weighted by molar-refractivity contribution is -0.116. The van der Waals surface area contributed by atoms with E-state index in [9.17, 15) is 9.59 Å². The van der Waals surface area contributed by atoms with Crippen LogP contribution in [-0.4, -0.2) is 10.5 Å². The first-order chi connectivity index (χ1) is 11.7. The van der Waals surface area contributed by atoms with Crippen molar-refractivity contribution >= 4 is 22.9 Å². The van der Waals surface area contributed by atoms with E-state index in [2.05, 4.69) is 5.32 Å². The zero-order valence-corrected chi connectivity index (χ0v) is 14.0. The number of benzene rings is 1. The van der Waals surface area contributed by atoms with E-state index in [1.54, 1.807) is 34.2 Å². The molecule has 0 aliphatic heterocycles. The molecule has 24 heavy (non-hydrogen) atoms. The van der Waals surface area contributed by atoms with Crippen LogP contribution in [0.3, 0.4) is 0 Å². The van der Waals surface area contributed by atoms with Crippen LogP contribution in [0.25, 0.3) is 0 Å². The van der Waals surface area contributed by atoms with Crippen LogP contribution in [-0.2, 0) is 17.8 Å². The first kappa shape index (κ1) is 16.2. The molecule has 0 unspecified atom stereocenters. The molecule has 0 aliphatic rings. The van der Waals surface area contributed by atoms with Gasteiger partial charge >= 0.3 is 0 Å². The van der Waals surface area contributed by atoms with Crippen molar-refractivity contribution < 1.29 is 4.79 Å². The molecule has 0 saturated carbocycles. The van der Waals surface area contributed by atoms with Gasteiger partial charge < -0.3 is 9.88 Å². The highest BCUT2D eigenvalue weighted by atomic mass is 32.1. The van der Waals surface area contributed by atoms with Gasteiger partial charge in [-0.05, 0) is 46.5 Å². The van der Waals surface area contributed by atoms with Gasteiger partial charge in [0.05, 0.1) is 6.54 Å². The molecule has 0 atom stereocenters. The molecule has 1 aromatic carbocycles. The monoisotopic (exact) mass is 338 g/mol. The smallest absolute Gasteiger partial charge is 0.274 e. The second-order valence-corrected chi connectivity index (χ2v) is 6.30. The third kappa shape index (κ3) is 4.20. The van der Waals surface area contributed by atoms with E-state index in [0.717, 1.165) is 11.1 Å². The number of thiophene rings is 1. The normalized spacial score (nSPS) is 10.5. The molecular formula is C19H18N2O2S. The van der Waals surface area contributed by atoms with Gasteiger partial charge in [-0.1, -0.05) is 30.3 Å². The first-order valence-corrected chi connectivity index (χ1v) is 8.71. The van der Waals surface area contributed by atoms with Crippen LogP contribution in [0.5, 0.6) is 0 Å². The van der Waals surface area contributed by atoms with E-state index in [1.165, 1.54) is 0 Å². The highest BCUT2D eigenvalue weighted by molar-refractivity contribution is 7.07. The van der Waals surface area contributed by atoms with E-state index in [4.69, 9.17) is 0 Å². The van der Waals surface area contributed by atoms with E-state index >= 15 is 0 Å². The maximum atomic E-state index is 12.5. The SMILES string of the molecule is O=C(CCc1ccsc1)Nc1cccn(Cc2ccccc2)c1=O. The van der Waals surface area contributed by atoms with Crippen LogP contribution in [0.4, 0.5) is 5.69 Å². The number of nitrogens with one attached hydrogen (secondary N) is 1. The van der Waals surface area contributed by atoms with Gasteiger partial charge in [0.15, 0.2) is 0 Å². The Morgan fingerprint density at radius 3 is 2.62 bits per heavy atom. The van der Waals surface area contributed by atoms with Crippen molar-refractivity contribution in [2.45, 2.75) is 19.4 Å². The molecule has 1 N–H and O–H groups in total. The standard InChI is InChI=1S/C19H18N2O2S/c22-18(9-8-16-10-12-24-14-16)20-17-7-4-11-21(19(17)23)13-15-5-2-1-3-6-15/h1-7,10-12,14H,8-9,13H2,(H,20,22). The number of nitrogens with zero attached hydrogens (tertiary/aromatic N) is 1. The molecule has 0 fully saturated rings. The number of hydrogen-bond donors (Lipinski definition) is 1. The molecular weight excluding hydrogens is 320 g/mol. The van der Waals surface area contributed by atoms with Crippen molar-refractivity contribution in [1.82, 2.24) is 4.57 Å². The van der Waals surface area contributed by atoms with Gasteiger partial charge in [-0.15, -0.1) is 0 Å². The summed E-state index contributed by atoms with van der Waals surface area (Å²) in [6.07, 6.45) is 2.78.